The topological polar surface area (TPSA) is 58.6 Å². The third kappa shape index (κ3) is 6.25. The van der Waals surface area contributed by atoms with Crippen LogP contribution in [0.1, 0.15) is 37.0 Å². The number of amides is 2. The molecule has 0 aliphatic carbocycles. The summed E-state index contributed by atoms with van der Waals surface area (Å²) in [6.07, 6.45) is 1.54. The number of halogens is 1. The van der Waals surface area contributed by atoms with Gasteiger partial charge in [-0.05, 0) is 75.2 Å². The zero-order chi connectivity index (χ0) is 21.5. The van der Waals surface area contributed by atoms with Gasteiger partial charge in [-0.1, -0.05) is 15.9 Å². The van der Waals surface area contributed by atoms with Crippen LogP contribution < -0.4 is 10.1 Å². The third-order valence-corrected chi connectivity index (χ3v) is 6.68. The molecule has 1 aliphatic rings. The number of thioether (sulfide) groups is 1. The Morgan fingerprint density at radius 2 is 1.77 bits per heavy atom. The molecule has 1 heterocycles. The molecule has 2 amide bonds. The minimum absolute atomic E-state index is 0.0296. The summed E-state index contributed by atoms with van der Waals surface area (Å²) in [6, 6.07) is 15.3. The summed E-state index contributed by atoms with van der Waals surface area (Å²) in [5.74, 6) is 0.840. The number of nitrogens with zero attached hydrogens (tertiary/aromatic N) is 1. The van der Waals surface area contributed by atoms with Gasteiger partial charge in [0.15, 0.2) is 0 Å². The number of carbonyl (C=O) groups excluding carboxylic acids is 2. The molecule has 1 atom stereocenters. The maximum atomic E-state index is 12.7. The Hall–Kier alpha value is -1.99. The highest BCUT2D eigenvalue weighted by molar-refractivity contribution is 9.10. The van der Waals surface area contributed by atoms with Crippen molar-refractivity contribution in [1.82, 2.24) is 10.2 Å². The van der Waals surface area contributed by atoms with Crippen molar-refractivity contribution in [3.63, 3.8) is 0 Å². The first-order valence-corrected chi connectivity index (χ1v) is 11.9. The van der Waals surface area contributed by atoms with E-state index in [1.807, 2.05) is 67.3 Å². The number of likely N-dealkylation sites (tertiary alicyclic amines) is 1. The van der Waals surface area contributed by atoms with Gasteiger partial charge < -0.3 is 15.0 Å². The number of hydrogen-bond acceptors (Lipinski definition) is 4. The molecule has 160 valence electrons. The van der Waals surface area contributed by atoms with E-state index in [1.54, 1.807) is 11.8 Å². The molecular formula is C23H27BrN2O3S. The molecule has 0 aromatic heterocycles. The van der Waals surface area contributed by atoms with E-state index in [2.05, 4.69) is 21.2 Å². The van der Waals surface area contributed by atoms with Crippen molar-refractivity contribution in [1.29, 1.82) is 0 Å². The summed E-state index contributed by atoms with van der Waals surface area (Å²) in [7, 11) is 0. The Labute approximate surface area is 190 Å². The van der Waals surface area contributed by atoms with E-state index < -0.39 is 0 Å². The molecule has 0 bridgehead atoms. The van der Waals surface area contributed by atoms with Gasteiger partial charge >= 0.3 is 0 Å². The first kappa shape index (κ1) is 22.7. The molecule has 5 nitrogen and oxygen atoms in total. The smallest absolute Gasteiger partial charge is 0.253 e. The van der Waals surface area contributed by atoms with E-state index in [9.17, 15) is 9.59 Å². The third-order valence-electron chi connectivity index (χ3n) is 5.04. The Balaban J connectivity index is 1.45. The molecule has 2 aromatic carbocycles. The van der Waals surface area contributed by atoms with Gasteiger partial charge in [-0.15, -0.1) is 11.8 Å². The second-order valence-corrected chi connectivity index (χ2v) is 9.58. The normalized spacial score (nSPS) is 15.5. The van der Waals surface area contributed by atoms with Crippen LogP contribution in [0.25, 0.3) is 0 Å². The Morgan fingerprint density at radius 1 is 1.13 bits per heavy atom. The second kappa shape index (κ2) is 10.9. The van der Waals surface area contributed by atoms with E-state index >= 15 is 0 Å². The fraction of sp³-hybridized carbons (Fsp3) is 0.391. The summed E-state index contributed by atoms with van der Waals surface area (Å²) in [4.78, 5) is 28.2. The van der Waals surface area contributed by atoms with E-state index in [1.165, 1.54) is 0 Å². The van der Waals surface area contributed by atoms with Crippen molar-refractivity contribution >= 4 is 39.5 Å². The van der Waals surface area contributed by atoms with Gasteiger partial charge in [-0.25, -0.2) is 0 Å². The molecule has 1 unspecified atom stereocenters. The van der Waals surface area contributed by atoms with Crippen molar-refractivity contribution < 1.29 is 14.3 Å². The van der Waals surface area contributed by atoms with Crippen molar-refractivity contribution in [3.05, 3.63) is 58.6 Å². The van der Waals surface area contributed by atoms with Gasteiger partial charge in [0.1, 0.15) is 5.75 Å². The minimum atomic E-state index is -0.172. The Kier molecular flexibility index (Phi) is 8.22. The maximum Gasteiger partial charge on any atom is 0.253 e. The van der Waals surface area contributed by atoms with Crippen LogP contribution in [0.3, 0.4) is 0 Å². The lowest BCUT2D eigenvalue weighted by Gasteiger charge is -2.33. The molecule has 2 aromatic rings. The van der Waals surface area contributed by atoms with Gasteiger partial charge in [-0.2, -0.15) is 0 Å². The molecule has 0 radical (unpaired) electrons. The zero-order valence-electron chi connectivity index (χ0n) is 17.3. The van der Waals surface area contributed by atoms with E-state index in [0.717, 1.165) is 28.0 Å². The largest absolute Gasteiger partial charge is 0.494 e. The molecule has 0 saturated carbocycles. The molecule has 30 heavy (non-hydrogen) atoms. The van der Waals surface area contributed by atoms with Crippen LogP contribution in [-0.2, 0) is 4.79 Å². The van der Waals surface area contributed by atoms with Crippen molar-refractivity contribution in [2.24, 2.45) is 0 Å². The predicted molar refractivity (Wildman–Crippen MR) is 124 cm³/mol. The minimum Gasteiger partial charge on any atom is -0.494 e. The number of rotatable bonds is 7. The van der Waals surface area contributed by atoms with Gasteiger partial charge in [-0.3, -0.25) is 9.59 Å². The summed E-state index contributed by atoms with van der Waals surface area (Å²) in [5, 5.41) is 2.98. The van der Waals surface area contributed by atoms with Crippen LogP contribution in [0.5, 0.6) is 5.75 Å². The lowest BCUT2D eigenvalue weighted by molar-refractivity contribution is -0.121. The van der Waals surface area contributed by atoms with E-state index in [4.69, 9.17) is 4.74 Å². The highest BCUT2D eigenvalue weighted by atomic mass is 79.9. The lowest BCUT2D eigenvalue weighted by atomic mass is 10.0. The fourth-order valence-electron chi connectivity index (χ4n) is 3.36. The van der Waals surface area contributed by atoms with E-state index in [0.29, 0.717) is 25.3 Å². The standard InChI is InChI=1S/C23H27BrN2O3S/c1-3-29-20-8-4-17(5-9-20)23(28)26-14-12-19(13-15-26)25-22(27)16(2)30-21-10-6-18(24)7-11-21/h4-11,16,19H,3,12-15H2,1-2H3,(H,25,27). The molecule has 7 heteroatoms. The quantitative estimate of drug-likeness (QED) is 0.568. The molecular weight excluding hydrogens is 464 g/mol. The number of benzene rings is 2. The summed E-state index contributed by atoms with van der Waals surface area (Å²) in [6.45, 7) is 5.75. The fourth-order valence-corrected chi connectivity index (χ4v) is 4.50. The highest BCUT2D eigenvalue weighted by Crippen LogP contribution is 2.25. The maximum absolute atomic E-state index is 12.7. The SMILES string of the molecule is CCOc1ccc(C(=O)N2CCC(NC(=O)C(C)Sc3ccc(Br)cc3)CC2)cc1. The van der Waals surface area contributed by atoms with Crippen molar-refractivity contribution in [3.8, 4) is 5.75 Å². The first-order valence-electron chi connectivity index (χ1n) is 10.2. The predicted octanol–water partition coefficient (Wildman–Crippen LogP) is 4.75. The number of hydrogen-bond donors (Lipinski definition) is 1. The summed E-state index contributed by atoms with van der Waals surface area (Å²) in [5.41, 5.74) is 0.667. The van der Waals surface area contributed by atoms with E-state index in [-0.39, 0.29) is 23.1 Å². The van der Waals surface area contributed by atoms with Gasteiger partial charge in [0, 0.05) is 34.1 Å². The molecule has 1 N–H and O–H groups in total. The van der Waals surface area contributed by atoms with Crippen LogP contribution in [0.2, 0.25) is 0 Å². The van der Waals surface area contributed by atoms with Crippen LogP contribution >= 0.6 is 27.7 Å². The number of piperidine rings is 1. The number of ether oxygens (including phenoxy) is 1. The van der Waals surface area contributed by atoms with Crippen LogP contribution in [0.4, 0.5) is 0 Å². The highest BCUT2D eigenvalue weighted by Gasteiger charge is 2.26. The second-order valence-electron chi connectivity index (χ2n) is 7.25. The monoisotopic (exact) mass is 490 g/mol. The molecule has 1 saturated heterocycles. The lowest BCUT2D eigenvalue weighted by Crippen LogP contribution is -2.48. The van der Waals surface area contributed by atoms with Crippen molar-refractivity contribution in [2.75, 3.05) is 19.7 Å². The Bertz CT molecular complexity index is 850. The van der Waals surface area contributed by atoms with Crippen molar-refractivity contribution in [2.45, 2.75) is 42.9 Å². The molecule has 1 fully saturated rings. The van der Waals surface area contributed by atoms with Gasteiger partial charge in [0.25, 0.3) is 5.91 Å². The Morgan fingerprint density at radius 3 is 2.37 bits per heavy atom. The average Bonchev–Trinajstić information content (AvgIpc) is 2.76. The summed E-state index contributed by atoms with van der Waals surface area (Å²) >= 11 is 4.97. The zero-order valence-corrected chi connectivity index (χ0v) is 19.7. The number of carbonyl (C=O) groups is 2. The van der Waals surface area contributed by atoms with Gasteiger partial charge in [0.2, 0.25) is 5.91 Å². The first-order chi connectivity index (χ1) is 14.5. The van der Waals surface area contributed by atoms with Gasteiger partial charge in [0.05, 0.1) is 11.9 Å². The van der Waals surface area contributed by atoms with Crippen LogP contribution in [-0.4, -0.2) is 47.7 Å². The molecule has 0 spiro atoms. The number of nitrogens with one attached hydrogen (secondary N) is 1. The molecule has 3 rings (SSSR count). The van der Waals surface area contributed by atoms with Crippen LogP contribution in [0.15, 0.2) is 57.9 Å². The average molecular weight is 491 g/mol. The molecule has 1 aliphatic heterocycles. The van der Waals surface area contributed by atoms with Crippen LogP contribution in [0, 0.1) is 0 Å². The summed E-state index contributed by atoms with van der Waals surface area (Å²) < 4.78 is 6.45.